The lowest BCUT2D eigenvalue weighted by Crippen LogP contribution is -2.34. The van der Waals surface area contributed by atoms with Crippen LogP contribution in [0.15, 0.2) is 12.3 Å². The molecule has 0 spiro atoms. The molecule has 2 rings (SSSR count). The van der Waals surface area contributed by atoms with Gasteiger partial charge in [-0.2, -0.15) is 4.98 Å². The first-order valence-electron chi connectivity index (χ1n) is 5.11. The molecule has 4 N–H and O–H groups in total. The standard InChI is InChI=1S/C9H15N5O2/c10-14-9-11-2-1-8(13-9)12-5-7-6-15-3-4-16-7/h1-2,7H,3-6,10H2,(H2,11,12,13,14). The molecule has 0 aromatic carbocycles. The number of nitrogens with two attached hydrogens (primary N) is 1. The first-order valence-corrected chi connectivity index (χ1v) is 5.11. The van der Waals surface area contributed by atoms with Gasteiger partial charge in [-0.25, -0.2) is 10.8 Å². The fourth-order valence-corrected chi connectivity index (χ4v) is 1.40. The van der Waals surface area contributed by atoms with E-state index in [2.05, 4.69) is 20.7 Å². The molecule has 1 aliphatic rings. The van der Waals surface area contributed by atoms with Crippen LogP contribution in [-0.4, -0.2) is 42.4 Å². The zero-order valence-electron chi connectivity index (χ0n) is 8.85. The number of hydrogen-bond donors (Lipinski definition) is 3. The highest BCUT2D eigenvalue weighted by Crippen LogP contribution is 2.06. The van der Waals surface area contributed by atoms with Gasteiger partial charge in [0.15, 0.2) is 0 Å². The highest BCUT2D eigenvalue weighted by Gasteiger charge is 2.13. The van der Waals surface area contributed by atoms with Gasteiger partial charge in [-0.3, -0.25) is 5.43 Å². The van der Waals surface area contributed by atoms with E-state index in [1.165, 1.54) is 0 Å². The minimum Gasteiger partial charge on any atom is -0.376 e. The van der Waals surface area contributed by atoms with E-state index in [1.54, 1.807) is 12.3 Å². The number of rotatable bonds is 4. The van der Waals surface area contributed by atoms with Gasteiger partial charge >= 0.3 is 0 Å². The lowest BCUT2D eigenvalue weighted by molar-refractivity contribution is -0.0819. The van der Waals surface area contributed by atoms with E-state index < -0.39 is 0 Å². The molecule has 0 bridgehead atoms. The number of aromatic nitrogens is 2. The van der Waals surface area contributed by atoms with Crippen molar-refractivity contribution < 1.29 is 9.47 Å². The summed E-state index contributed by atoms with van der Waals surface area (Å²) >= 11 is 0. The largest absolute Gasteiger partial charge is 0.376 e. The molecular formula is C9H15N5O2. The van der Waals surface area contributed by atoms with Crippen LogP contribution in [0, 0.1) is 0 Å². The van der Waals surface area contributed by atoms with Gasteiger partial charge in [0.25, 0.3) is 0 Å². The van der Waals surface area contributed by atoms with Crippen molar-refractivity contribution in [2.24, 2.45) is 5.84 Å². The highest BCUT2D eigenvalue weighted by atomic mass is 16.6. The van der Waals surface area contributed by atoms with Gasteiger partial charge in [0, 0.05) is 12.7 Å². The third-order valence-corrected chi connectivity index (χ3v) is 2.18. The molecule has 1 fully saturated rings. The minimum atomic E-state index is 0.0676. The summed E-state index contributed by atoms with van der Waals surface area (Å²) in [6, 6.07) is 1.77. The Kier molecular flexibility index (Phi) is 3.86. The summed E-state index contributed by atoms with van der Waals surface area (Å²) in [7, 11) is 0. The molecule has 7 heteroatoms. The number of hydrazine groups is 1. The van der Waals surface area contributed by atoms with Crippen LogP contribution in [0.4, 0.5) is 11.8 Å². The molecule has 7 nitrogen and oxygen atoms in total. The van der Waals surface area contributed by atoms with Gasteiger partial charge in [-0.05, 0) is 6.07 Å². The molecule has 0 radical (unpaired) electrons. The Morgan fingerprint density at radius 2 is 2.44 bits per heavy atom. The van der Waals surface area contributed by atoms with Gasteiger partial charge in [0.1, 0.15) is 5.82 Å². The molecule has 0 saturated carbocycles. The molecule has 1 aromatic heterocycles. The van der Waals surface area contributed by atoms with Gasteiger partial charge in [-0.1, -0.05) is 0 Å². The lowest BCUT2D eigenvalue weighted by Gasteiger charge is -2.23. The molecule has 0 aliphatic carbocycles. The summed E-state index contributed by atoms with van der Waals surface area (Å²) in [5.74, 6) is 6.30. The van der Waals surface area contributed by atoms with Crippen molar-refractivity contribution in [3.63, 3.8) is 0 Å². The van der Waals surface area contributed by atoms with Crippen molar-refractivity contribution in [3.05, 3.63) is 12.3 Å². The maximum absolute atomic E-state index is 5.49. The van der Waals surface area contributed by atoms with Crippen molar-refractivity contribution in [3.8, 4) is 0 Å². The van der Waals surface area contributed by atoms with Crippen molar-refractivity contribution in [1.82, 2.24) is 9.97 Å². The maximum Gasteiger partial charge on any atom is 0.239 e. The van der Waals surface area contributed by atoms with Crippen LogP contribution in [0.2, 0.25) is 0 Å². The third kappa shape index (κ3) is 3.02. The number of hydrogen-bond acceptors (Lipinski definition) is 7. The zero-order chi connectivity index (χ0) is 11.2. The van der Waals surface area contributed by atoms with Crippen molar-refractivity contribution in [2.45, 2.75) is 6.10 Å². The lowest BCUT2D eigenvalue weighted by atomic mass is 10.3. The summed E-state index contributed by atoms with van der Waals surface area (Å²) in [4.78, 5) is 8.03. The number of nitrogen functional groups attached to an aromatic ring is 1. The smallest absolute Gasteiger partial charge is 0.239 e. The molecular weight excluding hydrogens is 210 g/mol. The maximum atomic E-state index is 5.49. The van der Waals surface area contributed by atoms with Gasteiger partial charge < -0.3 is 14.8 Å². The second kappa shape index (κ2) is 5.59. The molecule has 1 saturated heterocycles. The predicted octanol–water partition coefficient (Wildman–Crippen LogP) is -0.411. The van der Waals surface area contributed by atoms with Crippen LogP contribution in [0.5, 0.6) is 0 Å². The summed E-state index contributed by atoms with van der Waals surface area (Å²) in [6.07, 6.45) is 1.70. The quantitative estimate of drug-likeness (QED) is 0.473. The van der Waals surface area contributed by atoms with Crippen molar-refractivity contribution in [2.75, 3.05) is 37.1 Å². The molecule has 1 unspecified atom stereocenters. The van der Waals surface area contributed by atoms with Crippen LogP contribution >= 0.6 is 0 Å². The topological polar surface area (TPSA) is 94.3 Å². The molecule has 16 heavy (non-hydrogen) atoms. The van der Waals surface area contributed by atoms with Gasteiger partial charge in [0.05, 0.1) is 25.9 Å². The van der Waals surface area contributed by atoms with Crippen LogP contribution in [0.3, 0.4) is 0 Å². The normalized spacial score (nSPS) is 20.4. The molecule has 0 amide bonds. The first-order chi connectivity index (χ1) is 7.88. The van der Waals surface area contributed by atoms with Crippen LogP contribution < -0.4 is 16.6 Å². The first kappa shape index (κ1) is 11.1. The number of nitrogens with one attached hydrogen (secondary N) is 2. The molecule has 2 heterocycles. The third-order valence-electron chi connectivity index (χ3n) is 2.18. The van der Waals surface area contributed by atoms with Gasteiger partial charge in [-0.15, -0.1) is 0 Å². The summed E-state index contributed by atoms with van der Waals surface area (Å²) in [5, 5.41) is 3.14. The number of nitrogens with zero attached hydrogens (tertiary/aromatic N) is 2. The fourth-order valence-electron chi connectivity index (χ4n) is 1.40. The minimum absolute atomic E-state index is 0.0676. The Bertz CT molecular complexity index is 329. The van der Waals surface area contributed by atoms with E-state index in [0.29, 0.717) is 38.1 Å². The summed E-state index contributed by atoms with van der Waals surface area (Å²) in [5.41, 5.74) is 2.39. The van der Waals surface area contributed by atoms with Crippen LogP contribution in [0.25, 0.3) is 0 Å². The zero-order valence-corrected chi connectivity index (χ0v) is 8.85. The summed E-state index contributed by atoms with van der Waals surface area (Å²) in [6.45, 7) is 2.58. The highest BCUT2D eigenvalue weighted by molar-refractivity contribution is 5.38. The Morgan fingerprint density at radius 1 is 1.50 bits per heavy atom. The monoisotopic (exact) mass is 225 g/mol. The van der Waals surface area contributed by atoms with Crippen molar-refractivity contribution in [1.29, 1.82) is 0 Å². The van der Waals surface area contributed by atoms with Crippen molar-refractivity contribution >= 4 is 11.8 Å². The fraction of sp³-hybridized carbons (Fsp3) is 0.556. The van der Waals surface area contributed by atoms with Gasteiger partial charge in [0.2, 0.25) is 5.95 Å². The number of ether oxygens (including phenoxy) is 2. The van der Waals surface area contributed by atoms with Crippen LogP contribution in [-0.2, 0) is 9.47 Å². The van der Waals surface area contributed by atoms with E-state index in [1.807, 2.05) is 0 Å². The second-order valence-corrected chi connectivity index (χ2v) is 3.36. The Morgan fingerprint density at radius 3 is 3.19 bits per heavy atom. The summed E-state index contributed by atoms with van der Waals surface area (Å²) < 4.78 is 10.8. The average molecular weight is 225 g/mol. The Labute approximate surface area is 93.3 Å². The average Bonchev–Trinajstić information content (AvgIpc) is 2.38. The van der Waals surface area contributed by atoms with E-state index in [-0.39, 0.29) is 6.10 Å². The van der Waals surface area contributed by atoms with E-state index in [4.69, 9.17) is 15.3 Å². The predicted molar refractivity (Wildman–Crippen MR) is 58.9 cm³/mol. The van der Waals surface area contributed by atoms with Crippen LogP contribution in [0.1, 0.15) is 0 Å². The second-order valence-electron chi connectivity index (χ2n) is 3.36. The Hall–Kier alpha value is -1.44. The Balaban J connectivity index is 1.83. The van der Waals surface area contributed by atoms with E-state index in [0.717, 1.165) is 0 Å². The SMILES string of the molecule is NNc1nccc(NCC2COCCO2)n1. The molecule has 1 atom stereocenters. The molecule has 88 valence electrons. The molecule has 1 aliphatic heterocycles. The van der Waals surface area contributed by atoms with E-state index in [9.17, 15) is 0 Å². The number of anilines is 2. The van der Waals surface area contributed by atoms with E-state index >= 15 is 0 Å². The molecule has 1 aromatic rings.